The largest absolute Gasteiger partial charge is 0.398 e. The van der Waals surface area contributed by atoms with Crippen LogP contribution in [0.4, 0.5) is 5.69 Å². The zero-order chi connectivity index (χ0) is 10.1. The van der Waals surface area contributed by atoms with Crippen LogP contribution in [0.25, 0.3) is 10.4 Å². The van der Waals surface area contributed by atoms with E-state index in [0.29, 0.717) is 0 Å². The van der Waals surface area contributed by atoms with Crippen LogP contribution < -0.4 is 5.73 Å². The van der Waals surface area contributed by atoms with Crippen LogP contribution >= 0.6 is 22.9 Å². The molecule has 0 saturated heterocycles. The maximum atomic E-state index is 5.87. The quantitative estimate of drug-likeness (QED) is 0.728. The van der Waals surface area contributed by atoms with Crippen molar-refractivity contribution in [1.82, 2.24) is 0 Å². The summed E-state index contributed by atoms with van der Waals surface area (Å²) in [5, 5.41) is 0. The summed E-state index contributed by atoms with van der Waals surface area (Å²) in [5.41, 5.74) is 8.90. The molecule has 0 atom stereocenters. The van der Waals surface area contributed by atoms with E-state index in [0.717, 1.165) is 26.0 Å². The van der Waals surface area contributed by atoms with E-state index in [4.69, 9.17) is 17.3 Å². The normalized spacial score (nSPS) is 10.4. The van der Waals surface area contributed by atoms with Gasteiger partial charge in [0.2, 0.25) is 0 Å². The molecule has 3 heteroatoms. The first-order chi connectivity index (χ1) is 6.66. The monoisotopic (exact) mass is 223 g/mol. The Bertz CT molecular complexity index is 462. The van der Waals surface area contributed by atoms with Crippen molar-refractivity contribution < 1.29 is 0 Å². The van der Waals surface area contributed by atoms with E-state index in [-0.39, 0.29) is 0 Å². The summed E-state index contributed by atoms with van der Waals surface area (Å²) in [6.45, 7) is 2.00. The lowest BCUT2D eigenvalue weighted by atomic mass is 10.1. The molecule has 0 amide bonds. The van der Waals surface area contributed by atoms with E-state index in [1.165, 1.54) is 0 Å². The van der Waals surface area contributed by atoms with Crippen LogP contribution in [0.2, 0.25) is 4.34 Å². The summed E-state index contributed by atoms with van der Waals surface area (Å²) >= 11 is 7.43. The summed E-state index contributed by atoms with van der Waals surface area (Å²) in [6.07, 6.45) is 0. The van der Waals surface area contributed by atoms with Gasteiger partial charge in [-0.1, -0.05) is 23.7 Å². The SMILES string of the molecule is Cc1ccc(-c2ccc(Cl)s2)cc1N. The van der Waals surface area contributed by atoms with Crippen LogP contribution in [0, 0.1) is 6.92 Å². The van der Waals surface area contributed by atoms with Gasteiger partial charge in [0.1, 0.15) is 0 Å². The smallest absolute Gasteiger partial charge is 0.0934 e. The summed E-state index contributed by atoms with van der Waals surface area (Å²) in [7, 11) is 0. The molecule has 14 heavy (non-hydrogen) atoms. The number of rotatable bonds is 1. The summed E-state index contributed by atoms with van der Waals surface area (Å²) in [5.74, 6) is 0. The summed E-state index contributed by atoms with van der Waals surface area (Å²) < 4.78 is 0.805. The van der Waals surface area contributed by atoms with Gasteiger partial charge in [0.05, 0.1) is 4.34 Å². The van der Waals surface area contributed by atoms with E-state index in [2.05, 4.69) is 6.07 Å². The predicted molar refractivity (Wildman–Crippen MR) is 63.9 cm³/mol. The average Bonchev–Trinajstić information content (AvgIpc) is 2.57. The molecule has 1 nitrogen and oxygen atoms in total. The van der Waals surface area contributed by atoms with E-state index in [1.807, 2.05) is 31.2 Å². The van der Waals surface area contributed by atoms with Crippen molar-refractivity contribution in [2.75, 3.05) is 5.73 Å². The fourth-order valence-electron chi connectivity index (χ4n) is 1.26. The van der Waals surface area contributed by atoms with Crippen molar-refractivity contribution in [2.45, 2.75) is 6.92 Å². The van der Waals surface area contributed by atoms with Gasteiger partial charge in [0.25, 0.3) is 0 Å². The number of hydrogen-bond donors (Lipinski definition) is 1. The molecular formula is C11H10ClNS. The number of thiophene rings is 1. The second kappa shape index (κ2) is 3.64. The van der Waals surface area contributed by atoms with Crippen molar-refractivity contribution in [2.24, 2.45) is 0 Å². The lowest BCUT2D eigenvalue weighted by molar-refractivity contribution is 1.47. The molecule has 0 radical (unpaired) electrons. The molecule has 1 aromatic heterocycles. The maximum Gasteiger partial charge on any atom is 0.0934 e. The van der Waals surface area contributed by atoms with Crippen molar-refractivity contribution in [3.63, 3.8) is 0 Å². The van der Waals surface area contributed by atoms with Crippen LogP contribution in [0.1, 0.15) is 5.56 Å². The highest BCUT2D eigenvalue weighted by Gasteiger charge is 2.02. The first-order valence-electron chi connectivity index (χ1n) is 4.28. The van der Waals surface area contributed by atoms with Crippen LogP contribution in [0.3, 0.4) is 0 Å². The van der Waals surface area contributed by atoms with Crippen molar-refractivity contribution in [3.05, 3.63) is 40.2 Å². The number of nitrogens with two attached hydrogens (primary N) is 1. The standard InChI is InChI=1S/C11H10ClNS/c1-7-2-3-8(6-9(7)13)10-4-5-11(12)14-10/h2-6H,13H2,1H3. The molecule has 72 valence electrons. The van der Waals surface area contributed by atoms with Crippen LogP contribution in [-0.2, 0) is 0 Å². The average molecular weight is 224 g/mol. The van der Waals surface area contributed by atoms with Gasteiger partial charge in [-0.25, -0.2) is 0 Å². The molecule has 0 aliphatic heterocycles. The number of nitrogen functional groups attached to an aromatic ring is 1. The minimum Gasteiger partial charge on any atom is -0.398 e. The highest BCUT2D eigenvalue weighted by Crippen LogP contribution is 2.32. The van der Waals surface area contributed by atoms with Crippen LogP contribution in [0.15, 0.2) is 30.3 Å². The number of aryl methyl sites for hydroxylation is 1. The van der Waals surface area contributed by atoms with Crippen LogP contribution in [0.5, 0.6) is 0 Å². The molecule has 2 N–H and O–H groups in total. The van der Waals surface area contributed by atoms with Gasteiger partial charge in [0.15, 0.2) is 0 Å². The Labute approximate surface area is 92.1 Å². The fourth-order valence-corrected chi connectivity index (χ4v) is 2.30. The molecule has 1 heterocycles. The number of benzene rings is 1. The Balaban J connectivity index is 2.47. The highest BCUT2D eigenvalue weighted by atomic mass is 35.5. The Kier molecular flexibility index (Phi) is 2.48. The molecule has 0 aliphatic carbocycles. The Hall–Kier alpha value is -0.990. The maximum absolute atomic E-state index is 5.87. The second-order valence-electron chi connectivity index (χ2n) is 3.18. The Morgan fingerprint density at radius 1 is 1.21 bits per heavy atom. The fraction of sp³-hybridized carbons (Fsp3) is 0.0909. The lowest BCUT2D eigenvalue weighted by Crippen LogP contribution is -1.88. The van der Waals surface area contributed by atoms with Gasteiger partial charge in [0, 0.05) is 10.6 Å². The third-order valence-electron chi connectivity index (χ3n) is 2.14. The second-order valence-corrected chi connectivity index (χ2v) is 4.89. The number of halogens is 1. The first kappa shape index (κ1) is 9.56. The summed E-state index contributed by atoms with van der Waals surface area (Å²) in [6, 6.07) is 9.98. The van der Waals surface area contributed by atoms with Gasteiger partial charge < -0.3 is 5.73 Å². The Morgan fingerprint density at radius 2 is 2.00 bits per heavy atom. The van der Waals surface area contributed by atoms with E-state index in [9.17, 15) is 0 Å². The zero-order valence-corrected chi connectivity index (χ0v) is 9.32. The number of hydrogen-bond acceptors (Lipinski definition) is 2. The molecule has 1 aromatic carbocycles. The van der Waals surface area contributed by atoms with E-state index in [1.54, 1.807) is 11.3 Å². The van der Waals surface area contributed by atoms with Gasteiger partial charge in [-0.15, -0.1) is 11.3 Å². The third-order valence-corrected chi connectivity index (χ3v) is 3.42. The minimum absolute atomic E-state index is 0.805. The Morgan fingerprint density at radius 3 is 2.57 bits per heavy atom. The molecular weight excluding hydrogens is 214 g/mol. The lowest BCUT2D eigenvalue weighted by Gasteiger charge is -2.02. The van der Waals surface area contributed by atoms with Crippen molar-refractivity contribution in [1.29, 1.82) is 0 Å². The van der Waals surface area contributed by atoms with Gasteiger partial charge in [-0.2, -0.15) is 0 Å². The third kappa shape index (κ3) is 1.76. The topological polar surface area (TPSA) is 26.0 Å². The molecule has 0 fully saturated rings. The summed E-state index contributed by atoms with van der Waals surface area (Å²) in [4.78, 5) is 1.15. The van der Waals surface area contributed by atoms with Crippen LogP contribution in [-0.4, -0.2) is 0 Å². The van der Waals surface area contributed by atoms with E-state index < -0.39 is 0 Å². The number of anilines is 1. The van der Waals surface area contributed by atoms with Gasteiger partial charge in [-0.05, 0) is 36.2 Å². The van der Waals surface area contributed by atoms with Gasteiger partial charge in [-0.3, -0.25) is 0 Å². The van der Waals surface area contributed by atoms with Crippen molar-refractivity contribution >= 4 is 28.6 Å². The highest BCUT2D eigenvalue weighted by molar-refractivity contribution is 7.19. The molecule has 0 unspecified atom stereocenters. The predicted octanol–water partition coefficient (Wildman–Crippen LogP) is 3.96. The zero-order valence-electron chi connectivity index (χ0n) is 7.75. The molecule has 2 aromatic rings. The molecule has 2 rings (SSSR count). The minimum atomic E-state index is 0.805. The first-order valence-corrected chi connectivity index (χ1v) is 5.48. The van der Waals surface area contributed by atoms with Gasteiger partial charge >= 0.3 is 0 Å². The molecule has 0 aliphatic rings. The molecule has 0 saturated carbocycles. The molecule has 0 spiro atoms. The van der Waals surface area contributed by atoms with E-state index >= 15 is 0 Å². The van der Waals surface area contributed by atoms with Crippen molar-refractivity contribution in [3.8, 4) is 10.4 Å². The molecule has 0 bridgehead atoms.